The van der Waals surface area contributed by atoms with Crippen LogP contribution in [0.15, 0.2) is 36.4 Å². The average molecular weight is 599 g/mol. The van der Waals surface area contributed by atoms with Gasteiger partial charge in [-0.15, -0.1) is 0 Å². The van der Waals surface area contributed by atoms with Crippen LogP contribution in [0.5, 0.6) is 11.5 Å². The summed E-state index contributed by atoms with van der Waals surface area (Å²) in [5.74, 6) is -0.393. The van der Waals surface area contributed by atoms with Gasteiger partial charge in [-0.25, -0.2) is 0 Å². The Kier molecular flexibility index (Phi) is 7.36. The number of likely N-dealkylation sites (tertiary alicyclic amines) is 1. The number of aliphatic hydroxyl groups is 1. The number of aromatic hydroxyl groups is 1. The summed E-state index contributed by atoms with van der Waals surface area (Å²) in [7, 11) is 2.11. The molecule has 10 heteroatoms. The molecular weight excluding hydrogens is 561 g/mol. The number of rotatable bonds is 7. The second-order valence-corrected chi connectivity index (χ2v) is 12.9. The van der Waals surface area contributed by atoms with Gasteiger partial charge in [0.2, 0.25) is 5.91 Å². The predicted molar refractivity (Wildman–Crippen MR) is 154 cm³/mol. The summed E-state index contributed by atoms with van der Waals surface area (Å²) in [4.78, 5) is 30.6. The van der Waals surface area contributed by atoms with E-state index in [1.54, 1.807) is 6.07 Å². The number of benzene rings is 2. The van der Waals surface area contributed by atoms with E-state index < -0.39 is 35.6 Å². The summed E-state index contributed by atoms with van der Waals surface area (Å²) in [5, 5.41) is 20.8. The van der Waals surface area contributed by atoms with Crippen LogP contribution in [0.25, 0.3) is 6.08 Å². The highest BCUT2D eigenvalue weighted by molar-refractivity contribution is 6.01. The van der Waals surface area contributed by atoms with Crippen molar-refractivity contribution in [2.75, 3.05) is 26.7 Å². The quantitative estimate of drug-likeness (QED) is 0.351. The highest BCUT2D eigenvalue weighted by atomic mass is 19.4. The van der Waals surface area contributed by atoms with Crippen molar-refractivity contribution < 1.29 is 37.7 Å². The third-order valence-corrected chi connectivity index (χ3v) is 10.0. The van der Waals surface area contributed by atoms with Gasteiger partial charge >= 0.3 is 6.18 Å². The number of amides is 1. The van der Waals surface area contributed by atoms with Crippen LogP contribution in [0.1, 0.15) is 65.7 Å². The molecule has 1 spiro atoms. The summed E-state index contributed by atoms with van der Waals surface area (Å²) in [6, 6.07) is 6.30. The SMILES string of the molecule is CC(C)CN(C(=O)C=Cc1ccc(C(F)(F)F)cc1)C1CC[C@H]2[C@H]3Cc4cc(C(=O)CO)c(O)c5c4[C@@]2(CCN3C)C1O5. The van der Waals surface area contributed by atoms with Gasteiger partial charge in [-0.05, 0) is 86.5 Å². The van der Waals surface area contributed by atoms with Crippen LogP contribution in [0.3, 0.4) is 0 Å². The zero-order chi connectivity index (χ0) is 30.8. The summed E-state index contributed by atoms with van der Waals surface area (Å²) < 4.78 is 45.7. The summed E-state index contributed by atoms with van der Waals surface area (Å²) in [6.45, 7) is 4.61. The van der Waals surface area contributed by atoms with Crippen LogP contribution in [0.4, 0.5) is 13.2 Å². The number of nitrogens with zero attached hydrogens (tertiary/aromatic N) is 2. The van der Waals surface area contributed by atoms with Crippen LogP contribution in [-0.4, -0.2) is 76.6 Å². The number of aliphatic hydroxyl groups excluding tert-OH is 1. The standard InChI is InChI=1S/C33H37F3N2O5/c1-18(2)16-38(27(41)11-6-19-4-7-21(8-5-19)33(34,35)36)24-10-9-23-25-15-20-14-22(26(40)17-39)29(42)30-28(20)32(23,31(24)43-30)12-13-37(25)3/h4-8,11,14,18,23-25,31,39,42H,9-10,12-13,15-17H2,1-3H3/t23-,24?,25+,31?,32-/m0/s1. The number of alkyl halides is 3. The molecule has 1 saturated carbocycles. The first-order valence-electron chi connectivity index (χ1n) is 14.9. The monoisotopic (exact) mass is 598 g/mol. The first kappa shape index (κ1) is 29.7. The number of phenols is 1. The molecule has 4 aliphatic rings. The smallest absolute Gasteiger partial charge is 0.416 e. The molecule has 2 heterocycles. The molecule has 2 aromatic rings. The largest absolute Gasteiger partial charge is 0.504 e. The Labute approximate surface area is 248 Å². The molecule has 2 aliphatic heterocycles. The fraction of sp³-hybridized carbons (Fsp3) is 0.515. The van der Waals surface area contributed by atoms with Gasteiger partial charge < -0.3 is 24.7 Å². The summed E-state index contributed by atoms with van der Waals surface area (Å²) in [6.07, 6.45) is 1.12. The van der Waals surface area contributed by atoms with Gasteiger partial charge in [0.05, 0.1) is 17.2 Å². The summed E-state index contributed by atoms with van der Waals surface area (Å²) >= 11 is 0. The second kappa shape index (κ2) is 10.7. The van der Waals surface area contributed by atoms with E-state index in [4.69, 9.17) is 4.74 Å². The van der Waals surface area contributed by atoms with Crippen LogP contribution in [0.2, 0.25) is 0 Å². The zero-order valence-electron chi connectivity index (χ0n) is 24.5. The molecule has 2 bridgehead atoms. The van der Waals surface area contributed by atoms with Gasteiger partial charge in [-0.1, -0.05) is 26.0 Å². The Balaban J connectivity index is 1.38. The van der Waals surface area contributed by atoms with Gasteiger partial charge in [0, 0.05) is 29.6 Å². The van der Waals surface area contributed by atoms with E-state index in [1.165, 1.54) is 24.3 Å². The minimum Gasteiger partial charge on any atom is -0.504 e. The van der Waals surface area contributed by atoms with E-state index in [1.807, 2.05) is 18.7 Å². The van der Waals surface area contributed by atoms with Gasteiger partial charge in [0.1, 0.15) is 12.7 Å². The van der Waals surface area contributed by atoms with E-state index in [-0.39, 0.29) is 41.1 Å². The Morgan fingerprint density at radius 2 is 1.93 bits per heavy atom. The number of carbonyl (C=O) groups excluding carboxylic acids is 2. The lowest BCUT2D eigenvalue weighted by Crippen LogP contribution is -2.68. The first-order chi connectivity index (χ1) is 20.4. The molecule has 2 N–H and O–H groups in total. The fourth-order valence-electron chi connectivity index (χ4n) is 8.23. The van der Waals surface area contributed by atoms with Crippen molar-refractivity contribution in [3.63, 3.8) is 0 Å². The Hall–Kier alpha value is -3.37. The number of ketones is 1. The van der Waals surface area contributed by atoms with E-state index in [0.717, 1.165) is 42.6 Å². The number of piperidine rings is 1. The van der Waals surface area contributed by atoms with Crippen molar-refractivity contribution in [2.45, 2.75) is 69.3 Å². The number of likely N-dealkylation sites (N-methyl/N-ethyl adjacent to an activating group) is 1. The summed E-state index contributed by atoms with van der Waals surface area (Å²) in [5.41, 5.74) is 1.25. The fourth-order valence-corrected chi connectivity index (χ4v) is 8.23. The van der Waals surface area contributed by atoms with E-state index in [0.29, 0.717) is 30.7 Å². The highest BCUT2D eigenvalue weighted by Crippen LogP contribution is 2.64. The number of phenolic OH excluding ortho intramolecular Hbond substituents is 1. The molecule has 43 heavy (non-hydrogen) atoms. The lowest BCUT2D eigenvalue weighted by atomic mass is 9.51. The molecule has 7 nitrogen and oxygen atoms in total. The molecule has 2 unspecified atom stereocenters. The van der Waals surface area contributed by atoms with Crippen molar-refractivity contribution in [3.8, 4) is 11.5 Å². The minimum absolute atomic E-state index is 0.0524. The maximum atomic E-state index is 13.8. The number of Topliss-reactive ketones (excluding diaryl/α,β-unsaturated/α-hetero) is 1. The van der Waals surface area contributed by atoms with Crippen molar-refractivity contribution in [1.29, 1.82) is 0 Å². The van der Waals surface area contributed by atoms with Gasteiger partial charge in [-0.3, -0.25) is 9.59 Å². The van der Waals surface area contributed by atoms with Gasteiger partial charge in [0.15, 0.2) is 17.3 Å². The molecule has 1 saturated heterocycles. The van der Waals surface area contributed by atoms with Crippen LogP contribution in [0, 0.1) is 11.8 Å². The van der Waals surface area contributed by atoms with Crippen molar-refractivity contribution >= 4 is 17.8 Å². The lowest BCUT2D eigenvalue weighted by molar-refractivity contribution is -0.138. The average Bonchev–Trinajstić information content (AvgIpc) is 3.32. The third-order valence-electron chi connectivity index (χ3n) is 10.0. The maximum Gasteiger partial charge on any atom is 0.416 e. The highest BCUT2D eigenvalue weighted by Gasteiger charge is 2.66. The van der Waals surface area contributed by atoms with Crippen LogP contribution in [-0.2, 0) is 22.8 Å². The van der Waals surface area contributed by atoms with Crippen molar-refractivity contribution in [3.05, 3.63) is 64.2 Å². The van der Waals surface area contributed by atoms with E-state index in [9.17, 15) is 33.0 Å². The second-order valence-electron chi connectivity index (χ2n) is 12.9. The number of hydrogen-bond acceptors (Lipinski definition) is 6. The predicted octanol–water partition coefficient (Wildman–Crippen LogP) is 4.82. The molecule has 1 amide bonds. The van der Waals surface area contributed by atoms with Crippen molar-refractivity contribution in [1.82, 2.24) is 9.80 Å². The zero-order valence-corrected chi connectivity index (χ0v) is 24.5. The molecule has 2 fully saturated rings. The molecule has 230 valence electrons. The molecular formula is C33H37F3N2O5. The Morgan fingerprint density at radius 3 is 2.58 bits per heavy atom. The molecule has 5 atom stereocenters. The molecule has 2 aromatic carbocycles. The Morgan fingerprint density at radius 1 is 1.21 bits per heavy atom. The van der Waals surface area contributed by atoms with Gasteiger partial charge in [0.25, 0.3) is 0 Å². The van der Waals surface area contributed by atoms with Crippen LogP contribution < -0.4 is 4.74 Å². The van der Waals surface area contributed by atoms with Gasteiger partial charge in [-0.2, -0.15) is 13.2 Å². The van der Waals surface area contributed by atoms with E-state index in [2.05, 4.69) is 11.9 Å². The van der Waals surface area contributed by atoms with Crippen LogP contribution >= 0.6 is 0 Å². The molecule has 2 aliphatic carbocycles. The number of halogens is 3. The van der Waals surface area contributed by atoms with Crippen molar-refractivity contribution in [2.24, 2.45) is 11.8 Å². The normalized spacial score (nSPS) is 27.7. The third kappa shape index (κ3) is 4.73. The Bertz CT molecular complexity index is 1470. The first-order valence-corrected chi connectivity index (χ1v) is 14.9. The lowest BCUT2D eigenvalue weighted by Gasteiger charge is -2.60. The molecule has 0 radical (unpaired) electrons. The number of hydrogen-bond donors (Lipinski definition) is 2. The number of ether oxygens (including phenoxy) is 1. The molecule has 6 rings (SSSR count). The minimum atomic E-state index is -4.43. The molecule has 0 aromatic heterocycles. The van der Waals surface area contributed by atoms with E-state index >= 15 is 0 Å². The number of carbonyl (C=O) groups is 2. The maximum absolute atomic E-state index is 13.8. The topological polar surface area (TPSA) is 90.3 Å².